The van der Waals surface area contributed by atoms with Crippen molar-refractivity contribution in [3.63, 3.8) is 0 Å². The van der Waals surface area contributed by atoms with Crippen LogP contribution in [0.4, 0.5) is 5.82 Å². The third kappa shape index (κ3) is 3.46. The van der Waals surface area contributed by atoms with Gasteiger partial charge in [0, 0.05) is 18.5 Å². The van der Waals surface area contributed by atoms with Gasteiger partial charge in [0.15, 0.2) is 11.6 Å². The molecule has 0 amide bonds. The molecule has 0 fully saturated rings. The fraction of sp³-hybridized carbons (Fsp3) is 0.500. The molecule has 0 spiro atoms. The van der Waals surface area contributed by atoms with Gasteiger partial charge < -0.3 is 10.1 Å². The van der Waals surface area contributed by atoms with Crippen LogP contribution in [0, 0.1) is 0 Å². The molecule has 1 N–H and O–H groups in total. The molecular weight excluding hydrogens is 196 g/mol. The van der Waals surface area contributed by atoms with E-state index in [1.165, 1.54) is 0 Å². The zero-order valence-electron chi connectivity index (χ0n) is 8.62. The second-order valence-electron chi connectivity index (χ2n) is 2.70. The Hall–Kier alpha value is -0.900. The molecule has 1 aromatic rings. The smallest absolute Gasteiger partial charge is 0.168 e. The number of nitrogens with one attached hydrogen (secondary N) is 1. The summed E-state index contributed by atoms with van der Waals surface area (Å²) in [6, 6.07) is 3.81. The first-order valence-corrected chi connectivity index (χ1v) is 6.08. The molecule has 1 aromatic heterocycles. The highest BCUT2D eigenvalue weighted by Gasteiger charge is 2.01. The molecule has 0 atom stereocenters. The van der Waals surface area contributed by atoms with Crippen molar-refractivity contribution in [1.82, 2.24) is 4.98 Å². The Morgan fingerprint density at radius 1 is 1.57 bits per heavy atom. The molecule has 0 aliphatic carbocycles. The molecule has 0 unspecified atom stereocenters. The van der Waals surface area contributed by atoms with Gasteiger partial charge >= 0.3 is 0 Å². The van der Waals surface area contributed by atoms with Crippen LogP contribution in [0.3, 0.4) is 0 Å². The summed E-state index contributed by atoms with van der Waals surface area (Å²) in [6.45, 7) is 3.56. The van der Waals surface area contributed by atoms with Gasteiger partial charge in [-0.2, -0.15) is 11.8 Å². The van der Waals surface area contributed by atoms with Gasteiger partial charge in [0.25, 0.3) is 0 Å². The molecule has 0 aromatic carbocycles. The van der Waals surface area contributed by atoms with Crippen molar-refractivity contribution in [2.75, 3.05) is 30.5 Å². The number of thioether (sulfide) groups is 1. The monoisotopic (exact) mass is 212 g/mol. The molecule has 1 rings (SSSR count). The molecule has 0 saturated carbocycles. The summed E-state index contributed by atoms with van der Waals surface area (Å²) in [4.78, 5) is 4.22. The van der Waals surface area contributed by atoms with Crippen LogP contribution in [0.2, 0.25) is 0 Å². The van der Waals surface area contributed by atoms with Crippen molar-refractivity contribution < 1.29 is 4.74 Å². The number of rotatable bonds is 6. The summed E-state index contributed by atoms with van der Waals surface area (Å²) in [5.74, 6) is 2.74. The van der Waals surface area contributed by atoms with E-state index >= 15 is 0 Å². The van der Waals surface area contributed by atoms with Crippen molar-refractivity contribution in [2.45, 2.75) is 6.92 Å². The number of nitrogens with zero attached hydrogens (tertiary/aromatic N) is 1. The third-order valence-corrected chi connectivity index (χ3v) is 2.28. The maximum atomic E-state index is 5.44. The second kappa shape index (κ2) is 6.54. The van der Waals surface area contributed by atoms with E-state index in [1.54, 1.807) is 6.20 Å². The van der Waals surface area contributed by atoms with Gasteiger partial charge in [-0.1, -0.05) is 0 Å². The standard InChI is InChI=1S/C10H16N2OS/c1-3-13-9-5-4-6-11-10(9)12-7-8-14-2/h4-6H,3,7-8H2,1-2H3,(H,11,12). The predicted molar refractivity (Wildman–Crippen MR) is 62.3 cm³/mol. The third-order valence-electron chi connectivity index (χ3n) is 1.67. The Kier molecular flexibility index (Phi) is 5.22. The van der Waals surface area contributed by atoms with Crippen LogP contribution >= 0.6 is 11.8 Å². The van der Waals surface area contributed by atoms with Gasteiger partial charge in [0.1, 0.15) is 0 Å². The number of hydrogen-bond donors (Lipinski definition) is 1. The first kappa shape index (κ1) is 11.2. The SMILES string of the molecule is CCOc1cccnc1NCCSC. The lowest BCUT2D eigenvalue weighted by atomic mass is 10.4. The average molecular weight is 212 g/mol. The lowest BCUT2D eigenvalue weighted by Gasteiger charge is -2.09. The van der Waals surface area contributed by atoms with E-state index in [0.29, 0.717) is 6.61 Å². The maximum Gasteiger partial charge on any atom is 0.168 e. The van der Waals surface area contributed by atoms with E-state index in [0.717, 1.165) is 23.9 Å². The summed E-state index contributed by atoms with van der Waals surface area (Å²) < 4.78 is 5.44. The molecule has 1 heterocycles. The lowest BCUT2D eigenvalue weighted by Crippen LogP contribution is -2.07. The lowest BCUT2D eigenvalue weighted by molar-refractivity contribution is 0.340. The van der Waals surface area contributed by atoms with Gasteiger partial charge in [-0.3, -0.25) is 0 Å². The van der Waals surface area contributed by atoms with Crippen LogP contribution in [0.1, 0.15) is 6.92 Å². The van der Waals surface area contributed by atoms with Gasteiger partial charge in [0.05, 0.1) is 6.61 Å². The molecule has 0 saturated heterocycles. The Balaban J connectivity index is 2.55. The fourth-order valence-corrected chi connectivity index (χ4v) is 1.37. The van der Waals surface area contributed by atoms with Gasteiger partial charge in [-0.15, -0.1) is 0 Å². The van der Waals surface area contributed by atoms with E-state index in [1.807, 2.05) is 30.8 Å². The molecule has 0 aliphatic rings. The summed E-state index contributed by atoms with van der Waals surface area (Å²) in [5.41, 5.74) is 0. The van der Waals surface area contributed by atoms with Crippen molar-refractivity contribution >= 4 is 17.6 Å². The van der Waals surface area contributed by atoms with Crippen molar-refractivity contribution in [3.05, 3.63) is 18.3 Å². The number of aromatic nitrogens is 1. The highest BCUT2D eigenvalue weighted by atomic mass is 32.2. The number of hydrogen-bond acceptors (Lipinski definition) is 4. The van der Waals surface area contributed by atoms with E-state index in [-0.39, 0.29) is 0 Å². The number of ether oxygens (including phenoxy) is 1. The fourth-order valence-electron chi connectivity index (χ4n) is 1.07. The molecule has 0 aliphatic heterocycles. The largest absolute Gasteiger partial charge is 0.490 e. The first-order valence-electron chi connectivity index (χ1n) is 4.69. The highest BCUT2D eigenvalue weighted by molar-refractivity contribution is 7.98. The van der Waals surface area contributed by atoms with Crippen LogP contribution in [0.5, 0.6) is 5.75 Å². The van der Waals surface area contributed by atoms with E-state index < -0.39 is 0 Å². The van der Waals surface area contributed by atoms with E-state index in [2.05, 4.69) is 16.6 Å². The normalized spacial score (nSPS) is 9.86. The second-order valence-corrected chi connectivity index (χ2v) is 3.69. The minimum atomic E-state index is 0.670. The molecule has 0 bridgehead atoms. The Bertz CT molecular complexity index is 268. The molecule has 78 valence electrons. The minimum absolute atomic E-state index is 0.670. The highest BCUT2D eigenvalue weighted by Crippen LogP contribution is 2.20. The van der Waals surface area contributed by atoms with Crippen molar-refractivity contribution in [2.24, 2.45) is 0 Å². The zero-order valence-corrected chi connectivity index (χ0v) is 9.43. The van der Waals surface area contributed by atoms with Crippen molar-refractivity contribution in [1.29, 1.82) is 0 Å². The van der Waals surface area contributed by atoms with Crippen LogP contribution in [0.15, 0.2) is 18.3 Å². The quantitative estimate of drug-likeness (QED) is 0.733. The first-order chi connectivity index (χ1) is 6.88. The van der Waals surface area contributed by atoms with Crippen LogP contribution < -0.4 is 10.1 Å². The van der Waals surface area contributed by atoms with E-state index in [9.17, 15) is 0 Å². The van der Waals surface area contributed by atoms with Crippen LogP contribution in [-0.2, 0) is 0 Å². The molecule has 14 heavy (non-hydrogen) atoms. The topological polar surface area (TPSA) is 34.1 Å². The summed E-state index contributed by atoms with van der Waals surface area (Å²) in [6.07, 6.45) is 3.85. The number of pyridine rings is 1. The van der Waals surface area contributed by atoms with Crippen molar-refractivity contribution in [3.8, 4) is 5.75 Å². The Labute approximate surface area is 89.3 Å². The number of anilines is 1. The summed E-state index contributed by atoms with van der Waals surface area (Å²) in [7, 11) is 0. The Morgan fingerprint density at radius 3 is 3.14 bits per heavy atom. The summed E-state index contributed by atoms with van der Waals surface area (Å²) in [5, 5.41) is 3.24. The molecule has 0 radical (unpaired) electrons. The van der Waals surface area contributed by atoms with Crippen LogP contribution in [-0.4, -0.2) is 30.1 Å². The van der Waals surface area contributed by atoms with Gasteiger partial charge in [-0.05, 0) is 25.3 Å². The van der Waals surface area contributed by atoms with E-state index in [4.69, 9.17) is 4.74 Å². The maximum absolute atomic E-state index is 5.44. The zero-order chi connectivity index (χ0) is 10.2. The Morgan fingerprint density at radius 2 is 2.43 bits per heavy atom. The predicted octanol–water partition coefficient (Wildman–Crippen LogP) is 2.26. The average Bonchev–Trinajstić information content (AvgIpc) is 2.21. The van der Waals surface area contributed by atoms with Gasteiger partial charge in [-0.25, -0.2) is 4.98 Å². The summed E-state index contributed by atoms with van der Waals surface area (Å²) >= 11 is 1.81. The minimum Gasteiger partial charge on any atom is -0.490 e. The van der Waals surface area contributed by atoms with Gasteiger partial charge in [0.2, 0.25) is 0 Å². The molecule has 3 nitrogen and oxygen atoms in total. The molecule has 4 heteroatoms. The molecular formula is C10H16N2OS. The van der Waals surface area contributed by atoms with Crippen LogP contribution in [0.25, 0.3) is 0 Å².